The summed E-state index contributed by atoms with van der Waals surface area (Å²) in [5.74, 6) is 1.64. The lowest BCUT2D eigenvalue weighted by atomic mass is 9.78. The van der Waals surface area contributed by atoms with Crippen LogP contribution >= 0.6 is 11.6 Å². The van der Waals surface area contributed by atoms with Gasteiger partial charge in [-0.25, -0.2) is 0 Å². The van der Waals surface area contributed by atoms with E-state index >= 15 is 0 Å². The highest BCUT2D eigenvalue weighted by Gasteiger charge is 2.30. The smallest absolute Gasteiger partial charge is 0.227 e. The summed E-state index contributed by atoms with van der Waals surface area (Å²) in [7, 11) is 0. The van der Waals surface area contributed by atoms with Gasteiger partial charge in [-0.3, -0.25) is 9.59 Å². The van der Waals surface area contributed by atoms with Crippen LogP contribution in [0.4, 0.5) is 5.69 Å². The quantitative estimate of drug-likeness (QED) is 0.836. The van der Waals surface area contributed by atoms with Crippen LogP contribution in [-0.2, 0) is 9.59 Å². The first-order chi connectivity index (χ1) is 12.8. The summed E-state index contributed by atoms with van der Waals surface area (Å²) in [5, 5.41) is 3.70. The van der Waals surface area contributed by atoms with Gasteiger partial charge in [0, 0.05) is 23.9 Å². The van der Waals surface area contributed by atoms with Gasteiger partial charge in [0.1, 0.15) is 11.9 Å². The fourth-order valence-corrected chi connectivity index (χ4v) is 4.23. The number of benzene rings is 1. The van der Waals surface area contributed by atoms with E-state index in [1.807, 2.05) is 6.92 Å². The summed E-state index contributed by atoms with van der Waals surface area (Å²) in [6, 6.07) is 5.50. The van der Waals surface area contributed by atoms with Crippen molar-refractivity contribution in [2.24, 2.45) is 11.8 Å². The van der Waals surface area contributed by atoms with Crippen molar-refractivity contribution in [2.75, 3.05) is 11.4 Å². The first-order valence-corrected chi connectivity index (χ1v) is 10.3. The maximum Gasteiger partial charge on any atom is 0.227 e. The molecule has 1 aromatic rings. The second-order valence-corrected chi connectivity index (χ2v) is 8.42. The number of anilines is 1. The Balaban J connectivity index is 1.58. The minimum absolute atomic E-state index is 0.0399. The number of nitrogens with one attached hydrogen (secondary N) is 1. The molecule has 2 aliphatic rings. The number of carbonyl (C=O) groups excluding carboxylic acids is 2. The van der Waals surface area contributed by atoms with E-state index < -0.39 is 0 Å². The molecular formula is C21H29ClN2O3. The van der Waals surface area contributed by atoms with E-state index in [-0.39, 0.29) is 36.8 Å². The molecule has 1 saturated carbocycles. The van der Waals surface area contributed by atoms with Crippen molar-refractivity contribution in [3.63, 3.8) is 0 Å². The number of hydrogen-bond donors (Lipinski definition) is 1. The Morgan fingerprint density at radius 2 is 2.00 bits per heavy atom. The number of fused-ring (bicyclic) bond motifs is 1. The monoisotopic (exact) mass is 392 g/mol. The van der Waals surface area contributed by atoms with Crippen LogP contribution < -0.4 is 15.0 Å². The van der Waals surface area contributed by atoms with Crippen molar-refractivity contribution in [2.45, 2.75) is 65.0 Å². The van der Waals surface area contributed by atoms with Gasteiger partial charge in [0.25, 0.3) is 0 Å². The van der Waals surface area contributed by atoms with Crippen LogP contribution in [0.1, 0.15) is 52.9 Å². The van der Waals surface area contributed by atoms with E-state index in [0.717, 1.165) is 12.8 Å². The van der Waals surface area contributed by atoms with Crippen LogP contribution in [-0.4, -0.2) is 30.5 Å². The Morgan fingerprint density at radius 1 is 1.22 bits per heavy atom. The SMILES string of the molecule is C[C@H]1[C@H](C)CCC[C@H]1NC(=O)CCC(=O)N1C[C@@H](C)Oc2ccc(Cl)cc21. The van der Waals surface area contributed by atoms with Gasteiger partial charge in [0.05, 0.1) is 12.2 Å². The molecule has 27 heavy (non-hydrogen) atoms. The van der Waals surface area contributed by atoms with Crippen LogP contribution in [0.2, 0.25) is 5.02 Å². The molecule has 1 N–H and O–H groups in total. The zero-order valence-electron chi connectivity index (χ0n) is 16.3. The Labute approximate surface area is 166 Å². The highest BCUT2D eigenvalue weighted by molar-refractivity contribution is 6.31. The zero-order chi connectivity index (χ0) is 19.6. The predicted octanol–water partition coefficient (Wildman–Crippen LogP) is 4.18. The summed E-state index contributed by atoms with van der Waals surface area (Å²) in [6.45, 7) is 6.84. The number of rotatable bonds is 4. The fraction of sp³-hybridized carbons (Fsp3) is 0.619. The number of amides is 2. The second kappa shape index (κ2) is 8.51. The minimum atomic E-state index is -0.0963. The largest absolute Gasteiger partial charge is 0.487 e. The van der Waals surface area contributed by atoms with Crippen LogP contribution in [0.5, 0.6) is 5.75 Å². The molecule has 0 saturated heterocycles. The number of carbonyl (C=O) groups is 2. The van der Waals surface area contributed by atoms with Crippen molar-refractivity contribution in [1.29, 1.82) is 0 Å². The molecule has 4 atom stereocenters. The summed E-state index contributed by atoms with van der Waals surface area (Å²) in [4.78, 5) is 26.9. The average molecular weight is 393 g/mol. The van der Waals surface area contributed by atoms with Crippen LogP contribution in [0.15, 0.2) is 18.2 Å². The molecule has 5 nitrogen and oxygen atoms in total. The van der Waals surface area contributed by atoms with E-state index in [1.165, 1.54) is 6.42 Å². The van der Waals surface area contributed by atoms with Crippen LogP contribution in [0.25, 0.3) is 0 Å². The maximum atomic E-state index is 12.8. The lowest BCUT2D eigenvalue weighted by Gasteiger charge is -2.35. The summed E-state index contributed by atoms with van der Waals surface area (Å²) in [5.41, 5.74) is 0.681. The van der Waals surface area contributed by atoms with Gasteiger partial charge < -0.3 is 15.0 Å². The van der Waals surface area contributed by atoms with E-state index in [1.54, 1.807) is 23.1 Å². The summed E-state index contributed by atoms with van der Waals surface area (Å²) >= 11 is 6.09. The molecular weight excluding hydrogens is 364 g/mol. The second-order valence-electron chi connectivity index (χ2n) is 7.99. The highest BCUT2D eigenvalue weighted by atomic mass is 35.5. The van der Waals surface area contributed by atoms with Gasteiger partial charge in [0.15, 0.2) is 0 Å². The molecule has 3 rings (SSSR count). The number of halogens is 1. The van der Waals surface area contributed by atoms with Crippen LogP contribution in [0, 0.1) is 11.8 Å². The lowest BCUT2D eigenvalue weighted by Crippen LogP contribution is -2.45. The minimum Gasteiger partial charge on any atom is -0.487 e. The van der Waals surface area contributed by atoms with E-state index in [4.69, 9.17) is 16.3 Å². The summed E-state index contributed by atoms with van der Waals surface area (Å²) in [6.07, 6.45) is 3.69. The third-order valence-corrected chi connectivity index (χ3v) is 6.13. The number of ether oxygens (including phenoxy) is 1. The van der Waals surface area contributed by atoms with Crippen molar-refractivity contribution in [1.82, 2.24) is 5.32 Å². The molecule has 6 heteroatoms. The summed E-state index contributed by atoms with van der Waals surface area (Å²) < 4.78 is 5.78. The van der Waals surface area contributed by atoms with Crippen LogP contribution in [0.3, 0.4) is 0 Å². The average Bonchev–Trinajstić information content (AvgIpc) is 2.63. The molecule has 0 aromatic heterocycles. The molecule has 1 heterocycles. The van der Waals surface area contributed by atoms with Gasteiger partial charge in [-0.15, -0.1) is 0 Å². The van der Waals surface area contributed by atoms with Gasteiger partial charge in [-0.1, -0.05) is 38.3 Å². The maximum absolute atomic E-state index is 12.8. The van der Waals surface area contributed by atoms with Gasteiger partial charge >= 0.3 is 0 Å². The van der Waals surface area contributed by atoms with Gasteiger partial charge in [0.2, 0.25) is 11.8 Å². The molecule has 0 bridgehead atoms. The predicted molar refractivity (Wildman–Crippen MR) is 107 cm³/mol. The topological polar surface area (TPSA) is 58.6 Å². The van der Waals surface area contributed by atoms with Crippen molar-refractivity contribution >= 4 is 29.1 Å². The Morgan fingerprint density at radius 3 is 2.78 bits per heavy atom. The van der Waals surface area contributed by atoms with E-state index in [0.29, 0.717) is 34.8 Å². The lowest BCUT2D eigenvalue weighted by molar-refractivity contribution is -0.126. The van der Waals surface area contributed by atoms with Crippen molar-refractivity contribution in [3.8, 4) is 5.75 Å². The Hall–Kier alpha value is -1.75. The fourth-order valence-electron chi connectivity index (χ4n) is 4.07. The number of hydrogen-bond acceptors (Lipinski definition) is 3. The molecule has 1 aliphatic heterocycles. The number of nitrogens with zero attached hydrogens (tertiary/aromatic N) is 1. The molecule has 0 spiro atoms. The first-order valence-electron chi connectivity index (χ1n) is 9.91. The van der Waals surface area contributed by atoms with Crippen molar-refractivity contribution in [3.05, 3.63) is 23.2 Å². The highest BCUT2D eigenvalue weighted by Crippen LogP contribution is 2.36. The normalized spacial score (nSPS) is 27.5. The zero-order valence-corrected chi connectivity index (χ0v) is 17.1. The molecule has 1 aromatic carbocycles. The third kappa shape index (κ3) is 4.75. The molecule has 1 fully saturated rings. The van der Waals surface area contributed by atoms with Gasteiger partial charge in [-0.2, -0.15) is 0 Å². The third-order valence-electron chi connectivity index (χ3n) is 5.90. The van der Waals surface area contributed by atoms with Crippen molar-refractivity contribution < 1.29 is 14.3 Å². The molecule has 2 amide bonds. The van der Waals surface area contributed by atoms with E-state index in [2.05, 4.69) is 19.2 Å². The molecule has 0 unspecified atom stereocenters. The Bertz CT molecular complexity index is 709. The van der Waals surface area contributed by atoms with E-state index in [9.17, 15) is 9.59 Å². The first kappa shape index (κ1) is 20.0. The van der Waals surface area contributed by atoms with Gasteiger partial charge in [-0.05, 0) is 43.4 Å². The molecule has 0 radical (unpaired) electrons. The Kier molecular flexibility index (Phi) is 6.30. The standard InChI is InChI=1S/C21H29ClN2O3/c1-13-5-4-6-17(15(13)3)23-20(25)9-10-21(26)24-12-14(2)27-19-8-7-16(22)11-18(19)24/h7-8,11,13-15,17H,4-6,9-10,12H2,1-3H3,(H,23,25)/t13-,14-,15+,17-/m1/s1. The molecule has 148 valence electrons. The molecule has 1 aliphatic carbocycles.